The van der Waals surface area contributed by atoms with Gasteiger partial charge in [0.05, 0.1) is 22.6 Å². The smallest absolute Gasteiger partial charge is 0.318 e. The maximum absolute atomic E-state index is 6.98. The zero-order chi connectivity index (χ0) is 32.7. The minimum Gasteiger partial charge on any atom is -0.456 e. The number of imidazole rings is 1. The first kappa shape index (κ1) is 25.1. The largest absolute Gasteiger partial charge is 0.456 e. The second-order valence-electron chi connectivity index (χ2n) is 14.2. The van der Waals surface area contributed by atoms with Crippen LogP contribution < -0.4 is 13.9 Å². The molecule has 3 aliphatic heterocycles. The molecule has 0 amide bonds. The molecule has 8 heterocycles. The standard InChI is InChI=1S/C45H25N5O/c1-2-10-26(11-3-1)49-33-14-6-5-13-28(33)31-24-32-29-17-19-37-41-40(29)44-46(35(32)25-36(31)49)22-23-48(44)45(41)42-38(51-37)20-18-30-27-12-4-7-15-34(27)50(43(30)42)39-16-8-9-21-47(39)45/h1-25H/q+2. The summed E-state index contributed by atoms with van der Waals surface area (Å²) in [5.41, 5.74) is 10.0. The highest BCUT2D eigenvalue weighted by Crippen LogP contribution is 2.57. The second-order valence-corrected chi connectivity index (χ2v) is 14.2. The molecule has 51 heavy (non-hydrogen) atoms. The molecule has 14 rings (SSSR count). The molecular weight excluding hydrogens is 627 g/mol. The topological polar surface area (TPSA) is 31.3 Å². The van der Waals surface area contributed by atoms with E-state index in [2.05, 4.69) is 175 Å². The minimum absolute atomic E-state index is 0.678. The first-order chi connectivity index (χ1) is 25.3. The van der Waals surface area contributed by atoms with Gasteiger partial charge in [-0.05, 0) is 66.7 Å². The Kier molecular flexibility index (Phi) is 3.98. The number of benzene rings is 6. The third kappa shape index (κ3) is 2.54. The maximum Gasteiger partial charge on any atom is 0.318 e. The van der Waals surface area contributed by atoms with E-state index < -0.39 is 5.66 Å². The van der Waals surface area contributed by atoms with E-state index >= 15 is 0 Å². The average Bonchev–Trinajstić information content (AvgIpc) is 3.93. The van der Waals surface area contributed by atoms with Gasteiger partial charge >= 0.3 is 5.66 Å². The molecule has 0 saturated carbocycles. The van der Waals surface area contributed by atoms with E-state index in [9.17, 15) is 0 Å². The van der Waals surface area contributed by atoms with Crippen molar-refractivity contribution >= 4 is 70.9 Å². The molecule has 0 radical (unpaired) electrons. The van der Waals surface area contributed by atoms with Gasteiger partial charge in [0, 0.05) is 50.1 Å². The van der Waals surface area contributed by atoms with Crippen LogP contribution in [0.3, 0.4) is 0 Å². The normalized spacial score (nSPS) is 16.5. The summed E-state index contributed by atoms with van der Waals surface area (Å²) in [5.74, 6) is 2.95. The summed E-state index contributed by atoms with van der Waals surface area (Å²) >= 11 is 0. The van der Waals surface area contributed by atoms with Crippen molar-refractivity contribution in [2.45, 2.75) is 5.66 Å². The van der Waals surface area contributed by atoms with Crippen LogP contribution in [0.5, 0.6) is 11.5 Å². The molecule has 6 heteroatoms. The van der Waals surface area contributed by atoms with Gasteiger partial charge in [-0.2, -0.15) is 18.1 Å². The summed E-state index contributed by atoms with van der Waals surface area (Å²) in [6.07, 6.45) is 6.82. The minimum atomic E-state index is -0.678. The number of nitrogens with zero attached hydrogens (tertiary/aromatic N) is 5. The Hall–Kier alpha value is -6.92. The highest BCUT2D eigenvalue weighted by Gasteiger charge is 2.64. The van der Waals surface area contributed by atoms with Crippen LogP contribution in [0.2, 0.25) is 0 Å². The van der Waals surface area contributed by atoms with Gasteiger partial charge in [-0.1, -0.05) is 54.6 Å². The number of rotatable bonds is 1. The van der Waals surface area contributed by atoms with Crippen LogP contribution >= 0.6 is 0 Å². The van der Waals surface area contributed by atoms with Gasteiger partial charge in [-0.3, -0.25) is 0 Å². The van der Waals surface area contributed by atoms with Crippen LogP contribution in [0.15, 0.2) is 152 Å². The predicted octanol–water partition coefficient (Wildman–Crippen LogP) is 9.05. The van der Waals surface area contributed by atoms with E-state index in [4.69, 9.17) is 4.74 Å². The molecule has 1 atom stereocenters. The van der Waals surface area contributed by atoms with E-state index in [1.54, 1.807) is 0 Å². The molecule has 6 aromatic carbocycles. The first-order valence-corrected chi connectivity index (χ1v) is 17.5. The Bertz CT molecular complexity index is 3460. The number of pyridine rings is 2. The van der Waals surface area contributed by atoms with Crippen molar-refractivity contribution in [3.8, 4) is 23.0 Å². The molecular formula is C45H25N5O+2. The summed E-state index contributed by atoms with van der Waals surface area (Å²) in [6.45, 7) is 0. The quantitative estimate of drug-likeness (QED) is 0.129. The highest BCUT2D eigenvalue weighted by atomic mass is 16.5. The number of ether oxygens (including phenoxy) is 1. The Labute approximate surface area is 289 Å². The van der Waals surface area contributed by atoms with Gasteiger partial charge in [0.25, 0.3) is 11.5 Å². The Morgan fingerprint density at radius 2 is 1.20 bits per heavy atom. The monoisotopic (exact) mass is 651 g/mol. The zero-order valence-electron chi connectivity index (χ0n) is 27.1. The van der Waals surface area contributed by atoms with Crippen LogP contribution in [0, 0.1) is 0 Å². The van der Waals surface area contributed by atoms with Crippen LogP contribution in [0.1, 0.15) is 11.1 Å². The molecule has 1 unspecified atom stereocenters. The summed E-state index contributed by atoms with van der Waals surface area (Å²) < 4.78 is 19.3. The summed E-state index contributed by atoms with van der Waals surface area (Å²) in [5, 5.41) is 8.70. The molecule has 11 aromatic rings. The Morgan fingerprint density at radius 1 is 0.490 bits per heavy atom. The van der Waals surface area contributed by atoms with E-state index in [-0.39, 0.29) is 0 Å². The predicted molar refractivity (Wildman–Crippen MR) is 200 cm³/mol. The molecule has 1 spiro atoms. The van der Waals surface area contributed by atoms with Gasteiger partial charge in [0.2, 0.25) is 0 Å². The first-order valence-electron chi connectivity index (χ1n) is 17.5. The van der Waals surface area contributed by atoms with Crippen LogP contribution in [-0.2, 0) is 5.66 Å². The number of fused-ring (bicyclic) bond motifs is 11. The number of hydrogen-bond acceptors (Lipinski definition) is 1. The van der Waals surface area contributed by atoms with Gasteiger partial charge in [-0.15, -0.1) is 0 Å². The molecule has 0 fully saturated rings. The number of para-hydroxylation sites is 3. The molecule has 0 aliphatic carbocycles. The van der Waals surface area contributed by atoms with E-state index in [0.29, 0.717) is 0 Å². The molecule has 6 nitrogen and oxygen atoms in total. The summed E-state index contributed by atoms with van der Waals surface area (Å²) in [7, 11) is 0. The number of hydrogen-bond donors (Lipinski definition) is 0. The molecule has 234 valence electrons. The summed E-state index contributed by atoms with van der Waals surface area (Å²) in [4.78, 5) is 0. The molecule has 3 aliphatic rings. The van der Waals surface area contributed by atoms with Crippen molar-refractivity contribution in [1.82, 2.24) is 13.5 Å². The van der Waals surface area contributed by atoms with Crippen molar-refractivity contribution in [3.05, 3.63) is 163 Å². The fourth-order valence-corrected chi connectivity index (χ4v) is 10.3. The van der Waals surface area contributed by atoms with E-state index in [0.717, 1.165) is 23.0 Å². The van der Waals surface area contributed by atoms with Gasteiger partial charge < -0.3 is 9.30 Å². The third-order valence-corrected chi connectivity index (χ3v) is 12.0. The Morgan fingerprint density at radius 3 is 2.06 bits per heavy atom. The zero-order valence-corrected chi connectivity index (χ0v) is 27.1. The molecule has 0 saturated heterocycles. The Balaban J connectivity index is 1.21. The van der Waals surface area contributed by atoms with Crippen molar-refractivity contribution in [2.75, 3.05) is 0 Å². The van der Waals surface area contributed by atoms with Crippen molar-refractivity contribution in [2.24, 2.45) is 0 Å². The van der Waals surface area contributed by atoms with E-state index in [1.165, 1.54) is 82.1 Å². The average molecular weight is 652 g/mol. The fraction of sp³-hybridized carbons (Fsp3) is 0.0222. The van der Waals surface area contributed by atoms with Gasteiger partial charge in [0.1, 0.15) is 46.1 Å². The van der Waals surface area contributed by atoms with Gasteiger partial charge in [0.15, 0.2) is 5.52 Å². The van der Waals surface area contributed by atoms with Crippen LogP contribution in [0.4, 0.5) is 0 Å². The summed E-state index contributed by atoms with van der Waals surface area (Å²) in [6, 6.07) is 48.6. The second kappa shape index (κ2) is 8.09. The lowest BCUT2D eigenvalue weighted by atomic mass is 9.83. The lowest BCUT2D eigenvalue weighted by Crippen LogP contribution is -2.75. The van der Waals surface area contributed by atoms with Gasteiger partial charge in [-0.25, -0.2) is 0 Å². The fourth-order valence-electron chi connectivity index (χ4n) is 10.3. The van der Waals surface area contributed by atoms with Crippen molar-refractivity contribution in [3.63, 3.8) is 0 Å². The lowest BCUT2D eigenvalue weighted by Gasteiger charge is -2.36. The van der Waals surface area contributed by atoms with Crippen molar-refractivity contribution < 1.29 is 13.9 Å². The van der Waals surface area contributed by atoms with Crippen molar-refractivity contribution in [1.29, 1.82) is 0 Å². The van der Waals surface area contributed by atoms with Crippen LogP contribution in [-0.4, -0.2) is 13.5 Å². The molecule has 5 aromatic heterocycles. The third-order valence-electron chi connectivity index (χ3n) is 12.0. The SMILES string of the molecule is c1ccc(-n2c3ccccc3c3cc4c5ccc6c7c5c5n(cc[n+]5C75c7c(ccc8c9ccccc9n(c78)-c7cccc[n+]75)O6)c4cc32)cc1. The maximum atomic E-state index is 6.98. The number of aromatic nitrogens is 5. The van der Waals surface area contributed by atoms with Crippen LogP contribution in [0.25, 0.3) is 82.4 Å². The highest BCUT2D eigenvalue weighted by molar-refractivity contribution is 6.21. The van der Waals surface area contributed by atoms with E-state index in [1.807, 2.05) is 0 Å². The lowest BCUT2D eigenvalue weighted by molar-refractivity contribution is -0.956. The molecule has 0 N–H and O–H groups in total. The molecule has 0 bridgehead atoms.